The van der Waals surface area contributed by atoms with Crippen molar-refractivity contribution in [1.82, 2.24) is 4.98 Å². The molecule has 0 saturated carbocycles. The van der Waals surface area contributed by atoms with Crippen molar-refractivity contribution >= 4 is 5.78 Å². The number of fused-ring (bicyclic) bond motifs is 1. The summed E-state index contributed by atoms with van der Waals surface area (Å²) >= 11 is 0. The number of nitrogens with zero attached hydrogens (tertiary/aromatic N) is 1. The van der Waals surface area contributed by atoms with Gasteiger partial charge in [-0.2, -0.15) is 0 Å². The van der Waals surface area contributed by atoms with Crippen LogP contribution in [0.15, 0.2) is 12.1 Å². The smallest absolute Gasteiger partial charge is 0.181 e. The second-order valence-electron chi connectivity index (χ2n) is 3.83. The van der Waals surface area contributed by atoms with E-state index in [1.165, 1.54) is 12.0 Å². The summed E-state index contributed by atoms with van der Waals surface area (Å²) in [5.74, 6) is 0.183. The number of ketones is 1. The van der Waals surface area contributed by atoms with Crippen LogP contribution in [-0.2, 0) is 12.8 Å². The lowest BCUT2D eigenvalue weighted by atomic mass is 10.1. The standard InChI is InChI=1S/C12H15NO/c1-2-4-12(14)11-8-7-9-5-3-6-10(9)13-11/h7-8H,2-6H2,1H3. The van der Waals surface area contributed by atoms with Crippen molar-refractivity contribution in [2.75, 3.05) is 0 Å². The van der Waals surface area contributed by atoms with Crippen LogP contribution in [0.5, 0.6) is 0 Å². The van der Waals surface area contributed by atoms with Gasteiger partial charge in [-0.25, -0.2) is 4.98 Å². The van der Waals surface area contributed by atoms with Gasteiger partial charge in [0.25, 0.3) is 0 Å². The molecule has 0 atom stereocenters. The van der Waals surface area contributed by atoms with Crippen LogP contribution >= 0.6 is 0 Å². The van der Waals surface area contributed by atoms with Gasteiger partial charge in [0.05, 0.1) is 0 Å². The third-order valence-electron chi connectivity index (χ3n) is 2.69. The lowest BCUT2D eigenvalue weighted by Gasteiger charge is -2.01. The molecule has 2 nitrogen and oxygen atoms in total. The number of carbonyl (C=O) groups excluding carboxylic acids is 1. The first-order valence-corrected chi connectivity index (χ1v) is 5.33. The molecule has 0 bridgehead atoms. The highest BCUT2D eigenvalue weighted by molar-refractivity contribution is 5.94. The van der Waals surface area contributed by atoms with Gasteiger partial charge in [-0.05, 0) is 37.3 Å². The van der Waals surface area contributed by atoms with E-state index in [-0.39, 0.29) is 5.78 Å². The first kappa shape index (κ1) is 9.38. The molecule has 14 heavy (non-hydrogen) atoms. The number of hydrogen-bond donors (Lipinski definition) is 0. The van der Waals surface area contributed by atoms with E-state index in [9.17, 15) is 4.79 Å². The molecule has 0 N–H and O–H groups in total. The van der Waals surface area contributed by atoms with E-state index in [0.717, 1.165) is 25.0 Å². The third kappa shape index (κ3) is 1.69. The quantitative estimate of drug-likeness (QED) is 0.684. The van der Waals surface area contributed by atoms with Crippen LogP contribution in [0.2, 0.25) is 0 Å². The Labute approximate surface area is 84.4 Å². The molecule has 0 spiro atoms. The molecule has 0 saturated heterocycles. The highest BCUT2D eigenvalue weighted by atomic mass is 16.1. The molecule has 0 radical (unpaired) electrons. The maximum absolute atomic E-state index is 11.6. The Morgan fingerprint density at radius 2 is 2.29 bits per heavy atom. The second kappa shape index (κ2) is 3.91. The first-order chi connectivity index (χ1) is 6.81. The van der Waals surface area contributed by atoms with E-state index in [1.54, 1.807) is 0 Å². The Morgan fingerprint density at radius 1 is 1.43 bits per heavy atom. The van der Waals surface area contributed by atoms with Crippen LogP contribution < -0.4 is 0 Å². The molecular weight excluding hydrogens is 174 g/mol. The van der Waals surface area contributed by atoms with Gasteiger partial charge in [0.2, 0.25) is 0 Å². The topological polar surface area (TPSA) is 30.0 Å². The van der Waals surface area contributed by atoms with Gasteiger partial charge in [-0.1, -0.05) is 13.0 Å². The summed E-state index contributed by atoms with van der Waals surface area (Å²) in [6, 6.07) is 3.94. The van der Waals surface area contributed by atoms with Gasteiger partial charge in [0.1, 0.15) is 5.69 Å². The van der Waals surface area contributed by atoms with Crippen LogP contribution in [0.25, 0.3) is 0 Å². The molecule has 0 fully saturated rings. The maximum Gasteiger partial charge on any atom is 0.181 e. The largest absolute Gasteiger partial charge is 0.292 e. The molecule has 1 heterocycles. The Hall–Kier alpha value is -1.18. The Kier molecular flexibility index (Phi) is 2.62. The molecular formula is C12H15NO. The molecule has 1 aliphatic carbocycles. The fourth-order valence-electron chi connectivity index (χ4n) is 1.93. The van der Waals surface area contributed by atoms with Gasteiger partial charge in [0, 0.05) is 12.1 Å². The van der Waals surface area contributed by atoms with Crippen LogP contribution in [0.3, 0.4) is 0 Å². The van der Waals surface area contributed by atoms with Crippen molar-refractivity contribution in [1.29, 1.82) is 0 Å². The highest BCUT2D eigenvalue weighted by Crippen LogP contribution is 2.20. The van der Waals surface area contributed by atoms with Crippen molar-refractivity contribution in [3.05, 3.63) is 29.1 Å². The van der Waals surface area contributed by atoms with Crippen LogP contribution in [0.4, 0.5) is 0 Å². The average Bonchev–Trinajstić information content (AvgIpc) is 2.64. The van der Waals surface area contributed by atoms with E-state index in [0.29, 0.717) is 12.1 Å². The van der Waals surface area contributed by atoms with Crippen LogP contribution in [0, 0.1) is 0 Å². The minimum absolute atomic E-state index is 0.183. The van der Waals surface area contributed by atoms with Gasteiger partial charge in [-0.15, -0.1) is 0 Å². The number of pyridine rings is 1. The van der Waals surface area contributed by atoms with E-state index in [4.69, 9.17) is 0 Å². The summed E-state index contributed by atoms with van der Waals surface area (Å²) in [6.07, 6.45) is 4.88. The molecule has 0 unspecified atom stereocenters. The van der Waals surface area contributed by atoms with Gasteiger partial charge in [0.15, 0.2) is 5.78 Å². The number of carbonyl (C=O) groups is 1. The van der Waals surface area contributed by atoms with Crippen molar-refractivity contribution in [3.8, 4) is 0 Å². The monoisotopic (exact) mass is 189 g/mol. The molecule has 0 aromatic carbocycles. The normalized spacial score (nSPS) is 14.1. The lowest BCUT2D eigenvalue weighted by Crippen LogP contribution is -2.03. The minimum Gasteiger partial charge on any atom is -0.292 e. The summed E-state index contributed by atoms with van der Waals surface area (Å²) in [7, 11) is 0. The fraction of sp³-hybridized carbons (Fsp3) is 0.500. The Morgan fingerprint density at radius 3 is 3.07 bits per heavy atom. The summed E-state index contributed by atoms with van der Waals surface area (Å²) in [5, 5.41) is 0. The van der Waals surface area contributed by atoms with Crippen molar-refractivity contribution in [2.45, 2.75) is 39.0 Å². The molecule has 0 amide bonds. The predicted octanol–water partition coefficient (Wildman–Crippen LogP) is 2.55. The number of aromatic nitrogens is 1. The Bertz CT molecular complexity index is 357. The molecule has 1 aromatic rings. The van der Waals surface area contributed by atoms with Gasteiger partial charge >= 0.3 is 0 Å². The molecule has 74 valence electrons. The lowest BCUT2D eigenvalue weighted by molar-refractivity contribution is 0.0976. The average molecular weight is 189 g/mol. The second-order valence-corrected chi connectivity index (χ2v) is 3.83. The number of Topliss-reactive ketones (excluding diaryl/α,β-unsaturated/α-hetero) is 1. The van der Waals surface area contributed by atoms with Crippen molar-refractivity contribution in [2.24, 2.45) is 0 Å². The zero-order valence-electron chi connectivity index (χ0n) is 8.55. The zero-order chi connectivity index (χ0) is 9.97. The zero-order valence-corrected chi connectivity index (χ0v) is 8.55. The van der Waals surface area contributed by atoms with Crippen molar-refractivity contribution in [3.63, 3.8) is 0 Å². The summed E-state index contributed by atoms with van der Waals surface area (Å²) in [4.78, 5) is 16.0. The summed E-state index contributed by atoms with van der Waals surface area (Å²) in [5.41, 5.74) is 3.14. The highest BCUT2D eigenvalue weighted by Gasteiger charge is 2.14. The maximum atomic E-state index is 11.6. The number of rotatable bonds is 3. The van der Waals surface area contributed by atoms with E-state index in [2.05, 4.69) is 11.1 Å². The SMILES string of the molecule is CCCC(=O)c1ccc2c(n1)CCC2. The fourth-order valence-corrected chi connectivity index (χ4v) is 1.93. The minimum atomic E-state index is 0.183. The summed E-state index contributed by atoms with van der Waals surface area (Å²) < 4.78 is 0. The van der Waals surface area contributed by atoms with Gasteiger partial charge in [-0.3, -0.25) is 4.79 Å². The van der Waals surface area contributed by atoms with E-state index >= 15 is 0 Å². The molecule has 1 aromatic heterocycles. The van der Waals surface area contributed by atoms with E-state index in [1.807, 2.05) is 13.0 Å². The first-order valence-electron chi connectivity index (χ1n) is 5.33. The number of aryl methyl sites for hydroxylation is 2. The van der Waals surface area contributed by atoms with Crippen molar-refractivity contribution < 1.29 is 4.79 Å². The molecule has 0 aliphatic heterocycles. The molecule has 2 heteroatoms. The van der Waals surface area contributed by atoms with Crippen LogP contribution in [-0.4, -0.2) is 10.8 Å². The predicted molar refractivity (Wildman–Crippen MR) is 55.5 cm³/mol. The van der Waals surface area contributed by atoms with Gasteiger partial charge < -0.3 is 0 Å². The van der Waals surface area contributed by atoms with Crippen LogP contribution in [0.1, 0.15) is 47.9 Å². The Balaban J connectivity index is 2.24. The third-order valence-corrected chi connectivity index (χ3v) is 2.69. The molecule has 2 rings (SSSR count). The molecule has 1 aliphatic rings. The summed E-state index contributed by atoms with van der Waals surface area (Å²) in [6.45, 7) is 2.02. The number of hydrogen-bond acceptors (Lipinski definition) is 2. The van der Waals surface area contributed by atoms with E-state index < -0.39 is 0 Å².